The van der Waals surface area contributed by atoms with Crippen molar-refractivity contribution >= 4 is 126 Å². The maximum absolute atomic E-state index is 13.0. The van der Waals surface area contributed by atoms with Gasteiger partial charge in [0.25, 0.3) is 11.8 Å². The van der Waals surface area contributed by atoms with Gasteiger partial charge < -0.3 is 15.0 Å². The average molecular weight is 1860 g/mol. The fourth-order valence-corrected chi connectivity index (χ4v) is 14.9. The Labute approximate surface area is 813 Å². The number of carbonyl (C=O) groups excluding carboxylic acids is 2. The molecule has 708 valence electrons. The minimum absolute atomic E-state index is 0. The van der Waals surface area contributed by atoms with Crippen molar-refractivity contribution in [3.05, 3.63) is 374 Å². The van der Waals surface area contributed by atoms with Crippen LogP contribution in [-0.2, 0) is 32.5 Å². The Morgan fingerprint density at radius 1 is 0.326 bits per heavy atom. The maximum atomic E-state index is 13.0. The predicted octanol–water partition coefficient (Wildman–Crippen LogP) is 38.5. The van der Waals surface area contributed by atoms with Gasteiger partial charge in [0.05, 0.1) is 7.11 Å². The van der Waals surface area contributed by atoms with Crippen LogP contribution in [0.2, 0.25) is 5.02 Å². The van der Waals surface area contributed by atoms with E-state index in [1.807, 2.05) is 66.7 Å². The summed E-state index contributed by atoms with van der Waals surface area (Å²) in [7, 11) is 6.89. The molecule has 1 N–H and O–H groups in total. The molecule has 0 unspecified atom stereocenters. The van der Waals surface area contributed by atoms with Gasteiger partial charge in [-0.15, -0.1) is 0 Å². The minimum atomic E-state index is -0.175. The molecule has 0 aliphatic heterocycles. The lowest BCUT2D eigenvalue weighted by Gasteiger charge is -2.21. The highest BCUT2D eigenvalue weighted by Crippen LogP contribution is 2.35. The van der Waals surface area contributed by atoms with Crippen LogP contribution in [0.4, 0.5) is 4.39 Å². The normalized spacial score (nSPS) is 10.9. The number of ether oxygens (including phenoxy) is 1. The standard InChI is InChI=1S/C17H21NO.C16H19NO.C15H18O.C14H15F.2C14H16.C13H13Br.C13H13Cl.8CH4/c1-17(2,3)15-9-8-12-10-14(16(19)18(4)5)7-6-13(12)11-15;1-16(2,3)14-8-7-11-9-13(15(18)17-4)6-5-12(11)10-14;1-15(2,3)13-7-5-12-10-14(16-4)8-6-11(12)9-13;1-14(2,3)12-6-4-11-9-13(15)7-5-10(11)8-12;1-14(2,3)13-10-6-8-11-7-4-5-9-12(11)13;1-14(2,3)13-9-8-11-6-4-5-7-12(11)10-13;2*1-9(2)10-3-4-12-8-13(14)6-5-11(12)7-10;;;;;;;;/h6-11H,1-5H3;5-10H,1-4H3,(H,17,18);5-10H,1-4H3;4-9H,1-3H3;2*4-10H,1-3H3;2*3-9H,1-2H3;8*1H4. The Morgan fingerprint density at radius 2 is 0.636 bits per heavy atom. The number of fused-ring (bicyclic) bond motifs is 8. The highest BCUT2D eigenvalue weighted by Gasteiger charge is 2.21. The van der Waals surface area contributed by atoms with E-state index >= 15 is 0 Å². The zero-order valence-electron chi connectivity index (χ0n) is 78.3. The van der Waals surface area contributed by atoms with Crippen molar-refractivity contribution in [3.63, 3.8) is 0 Å². The SMILES string of the molecule is C.C.C.C.C.C.C.C.CC(C)(C)c1ccc2cc(F)ccc2c1.CC(C)(C)c1ccc2ccccc2c1.CC(C)(C)c1cccc2ccccc12.CC(C)c1ccc2cc(Br)ccc2c1.CC(C)c1ccc2cc(Cl)ccc2c1.CN(C)C(=O)c1ccc2cc(C(C)(C)C)ccc2c1.CNC(=O)c1ccc2cc(C(C)(C)C)ccc2c1.COc1ccc2cc(C(C)(C)C)ccc2c1. The number of nitrogens with zero attached hydrogens (tertiary/aromatic N) is 1. The highest BCUT2D eigenvalue weighted by atomic mass is 79.9. The zero-order valence-corrected chi connectivity index (χ0v) is 80.7. The van der Waals surface area contributed by atoms with E-state index in [4.69, 9.17) is 16.3 Å². The summed E-state index contributed by atoms with van der Waals surface area (Å²) in [6.45, 7) is 48.8. The number of methoxy groups -OCH3 is 1. The fourth-order valence-electron chi connectivity index (χ4n) is 14.3. The molecule has 16 rings (SSSR count). The molecule has 0 atom stereocenters. The van der Waals surface area contributed by atoms with Crippen LogP contribution in [-0.4, -0.2) is 45.0 Å². The molecule has 5 nitrogen and oxygen atoms in total. The first-order chi connectivity index (χ1) is 58.2. The van der Waals surface area contributed by atoms with Crippen molar-refractivity contribution in [2.75, 3.05) is 28.3 Å². The van der Waals surface area contributed by atoms with E-state index in [-0.39, 0.29) is 110 Å². The van der Waals surface area contributed by atoms with E-state index in [1.54, 1.807) is 39.2 Å². The molecule has 0 aliphatic carbocycles. The third-order valence-electron chi connectivity index (χ3n) is 22.3. The molecule has 0 heterocycles. The molecule has 0 spiro atoms. The minimum Gasteiger partial charge on any atom is -0.497 e. The van der Waals surface area contributed by atoms with Crippen molar-refractivity contribution < 1.29 is 18.7 Å². The van der Waals surface area contributed by atoms with Crippen molar-refractivity contribution in [2.45, 2.75) is 256 Å². The van der Waals surface area contributed by atoms with E-state index in [2.05, 4.69) is 398 Å². The molecule has 0 fully saturated rings. The molecule has 16 aromatic carbocycles. The van der Waals surface area contributed by atoms with E-state index in [0.717, 1.165) is 42.4 Å². The van der Waals surface area contributed by atoms with Gasteiger partial charge in [-0.25, -0.2) is 4.39 Å². The lowest BCUT2D eigenvalue weighted by atomic mass is 9.84. The van der Waals surface area contributed by atoms with Crippen LogP contribution >= 0.6 is 27.5 Å². The van der Waals surface area contributed by atoms with Crippen LogP contribution in [0.3, 0.4) is 0 Å². The van der Waals surface area contributed by atoms with Crippen LogP contribution in [0.25, 0.3) is 86.2 Å². The second kappa shape index (κ2) is 51.3. The molecule has 0 saturated carbocycles. The van der Waals surface area contributed by atoms with Gasteiger partial charge in [-0.1, -0.05) is 470 Å². The smallest absolute Gasteiger partial charge is 0.253 e. The highest BCUT2D eigenvalue weighted by molar-refractivity contribution is 9.10. The van der Waals surface area contributed by atoms with Gasteiger partial charge in [0.15, 0.2) is 0 Å². The van der Waals surface area contributed by atoms with Gasteiger partial charge in [-0.05, 0) is 248 Å². The summed E-state index contributed by atoms with van der Waals surface area (Å²) >= 11 is 9.40. The molecule has 2 amide bonds. The molecule has 0 radical (unpaired) electrons. The van der Waals surface area contributed by atoms with E-state index < -0.39 is 0 Å². The molecule has 0 aromatic heterocycles. The Bertz CT molecular complexity index is 6250. The molecule has 0 bridgehead atoms. The zero-order chi connectivity index (χ0) is 91.0. The number of carbonyl (C=O) groups is 2. The number of nitrogens with one attached hydrogen (secondary N) is 1. The van der Waals surface area contributed by atoms with Crippen LogP contribution in [0, 0.1) is 5.82 Å². The van der Waals surface area contributed by atoms with Crippen LogP contribution in [0.1, 0.15) is 289 Å². The Balaban J connectivity index is 0.000000749. The summed E-state index contributed by atoms with van der Waals surface area (Å²) in [6, 6.07) is 104. The molecule has 8 heteroatoms. The fraction of sp³-hybridized carbons (Fsp3) is 0.339. The summed E-state index contributed by atoms with van der Waals surface area (Å²) in [5.74, 6) is 1.92. The van der Waals surface area contributed by atoms with Crippen LogP contribution in [0.5, 0.6) is 5.75 Å². The Hall–Kier alpha value is -11.0. The van der Waals surface area contributed by atoms with Gasteiger partial charge in [0.1, 0.15) is 11.6 Å². The molecule has 0 aliphatic rings. The van der Waals surface area contributed by atoms with Gasteiger partial charge in [-0.2, -0.15) is 0 Å². The van der Waals surface area contributed by atoms with Crippen LogP contribution in [0.15, 0.2) is 308 Å². The quantitative estimate of drug-likeness (QED) is 0.187. The first kappa shape index (κ1) is 119. The topological polar surface area (TPSA) is 58.6 Å². The summed E-state index contributed by atoms with van der Waals surface area (Å²) in [5, 5.41) is 23.0. The number of hydrogen-bond donors (Lipinski definition) is 1. The predicted molar refractivity (Wildman–Crippen MR) is 596 cm³/mol. The second-order valence-electron chi connectivity index (χ2n) is 39.4. The Morgan fingerprint density at radius 3 is 1.05 bits per heavy atom. The molecule has 0 saturated heterocycles. The summed E-state index contributed by atoms with van der Waals surface area (Å²) in [5.41, 5.74) is 13.4. The number of amides is 2. The average Bonchev–Trinajstić information content (AvgIpc) is 0.885. The van der Waals surface area contributed by atoms with Gasteiger partial charge in [-0.3, -0.25) is 9.59 Å². The monoisotopic (exact) mass is 1860 g/mol. The second-order valence-corrected chi connectivity index (χ2v) is 40.7. The molecule has 16 aromatic rings. The van der Waals surface area contributed by atoms with Crippen molar-refractivity contribution in [3.8, 4) is 5.75 Å². The first-order valence-electron chi connectivity index (χ1n) is 43.3. The summed E-state index contributed by atoms with van der Waals surface area (Å²) < 4.78 is 19.3. The molecule has 132 heavy (non-hydrogen) atoms. The van der Waals surface area contributed by atoms with Gasteiger partial charge >= 0.3 is 0 Å². The largest absolute Gasteiger partial charge is 0.497 e. The molecular weight excluding hydrogens is 1700 g/mol. The number of halogens is 3. The summed E-state index contributed by atoms with van der Waals surface area (Å²) in [4.78, 5) is 25.1. The van der Waals surface area contributed by atoms with Gasteiger partial charge in [0, 0.05) is 41.8 Å². The first-order valence-corrected chi connectivity index (χ1v) is 44.5. The maximum Gasteiger partial charge on any atom is 0.253 e. The van der Waals surface area contributed by atoms with E-state index in [0.29, 0.717) is 17.4 Å². The van der Waals surface area contributed by atoms with E-state index in [1.165, 1.54) is 115 Å². The number of hydrogen-bond acceptors (Lipinski definition) is 3. The number of rotatable bonds is 5. The molecular formula is C124H163BrClFN2O3. The lowest BCUT2D eigenvalue weighted by Crippen LogP contribution is -2.21. The third-order valence-corrected chi connectivity index (χ3v) is 23.1. The summed E-state index contributed by atoms with van der Waals surface area (Å²) in [6.07, 6.45) is 0. The van der Waals surface area contributed by atoms with Gasteiger partial charge in [0.2, 0.25) is 0 Å². The number of benzene rings is 16. The third kappa shape index (κ3) is 33.6. The van der Waals surface area contributed by atoms with Crippen molar-refractivity contribution in [1.29, 1.82) is 0 Å². The van der Waals surface area contributed by atoms with Crippen LogP contribution < -0.4 is 10.1 Å². The lowest BCUT2D eigenvalue weighted by molar-refractivity contribution is 0.0827. The van der Waals surface area contributed by atoms with E-state index in [9.17, 15) is 14.0 Å². The van der Waals surface area contributed by atoms with Crippen molar-refractivity contribution in [1.82, 2.24) is 10.2 Å². The van der Waals surface area contributed by atoms with Crippen molar-refractivity contribution in [2.24, 2.45) is 0 Å². The Kier molecular flexibility index (Phi) is 46.3.